The van der Waals surface area contributed by atoms with Crippen LogP contribution in [0.1, 0.15) is 29.7 Å². The smallest absolute Gasteiger partial charge is 0.416 e. The van der Waals surface area contributed by atoms with E-state index in [1.54, 1.807) is 18.4 Å². The third-order valence-electron chi connectivity index (χ3n) is 4.87. The number of alkyl halides is 3. The lowest BCUT2D eigenvalue weighted by molar-refractivity contribution is -0.154. The summed E-state index contributed by atoms with van der Waals surface area (Å²) >= 11 is 0. The minimum Gasteiger partial charge on any atom is -0.480 e. The van der Waals surface area contributed by atoms with E-state index in [0.717, 1.165) is 12.1 Å². The summed E-state index contributed by atoms with van der Waals surface area (Å²) in [7, 11) is 0. The molecule has 0 bridgehead atoms. The molecule has 7 nitrogen and oxygen atoms in total. The fraction of sp³-hybridized carbons (Fsp3) is 0.444. The number of nitrogens with zero attached hydrogens (tertiary/aromatic N) is 4. The third kappa shape index (κ3) is 3.85. The molecule has 0 radical (unpaired) electrons. The Morgan fingerprint density at radius 2 is 1.89 bits per heavy atom. The Bertz CT molecular complexity index is 892. The average Bonchev–Trinajstić information content (AvgIpc) is 3.00. The maximum absolute atomic E-state index is 12.9. The molecule has 2 unspecified atom stereocenters. The molecule has 1 aliphatic heterocycles. The van der Waals surface area contributed by atoms with Gasteiger partial charge in [0.1, 0.15) is 11.9 Å². The summed E-state index contributed by atoms with van der Waals surface area (Å²) in [5.74, 6) is -1.04. The molecule has 2 aromatic rings. The zero-order chi connectivity index (χ0) is 20.6. The number of carbonyl (C=O) groups excluding carboxylic acids is 1. The number of hydrogen-bond acceptors (Lipinski definition) is 4. The van der Waals surface area contributed by atoms with E-state index in [1.165, 1.54) is 17.0 Å². The summed E-state index contributed by atoms with van der Waals surface area (Å²) < 4.78 is 39.7. The van der Waals surface area contributed by atoms with Gasteiger partial charge in [0.05, 0.1) is 18.7 Å². The maximum Gasteiger partial charge on any atom is 0.416 e. The van der Waals surface area contributed by atoms with Crippen molar-refractivity contribution in [2.45, 2.75) is 45.6 Å². The number of carbonyl (C=O) groups is 2. The first-order valence-electron chi connectivity index (χ1n) is 8.66. The first-order valence-corrected chi connectivity index (χ1v) is 8.66. The summed E-state index contributed by atoms with van der Waals surface area (Å²) in [6, 6.07) is 3.55. The van der Waals surface area contributed by atoms with E-state index in [1.807, 2.05) is 0 Å². The van der Waals surface area contributed by atoms with Gasteiger partial charge in [-0.25, -0.2) is 4.79 Å². The number of carboxylic acid groups (broad SMARTS) is 1. The number of benzene rings is 1. The lowest BCUT2D eigenvalue weighted by Crippen LogP contribution is -2.52. The molecule has 1 amide bonds. The first-order chi connectivity index (χ1) is 13.1. The highest BCUT2D eigenvalue weighted by Gasteiger charge is 2.38. The molecule has 2 atom stereocenters. The van der Waals surface area contributed by atoms with Gasteiger partial charge < -0.3 is 14.6 Å². The zero-order valence-corrected chi connectivity index (χ0v) is 15.3. The van der Waals surface area contributed by atoms with Crippen LogP contribution in [0, 0.1) is 12.8 Å². The summed E-state index contributed by atoms with van der Waals surface area (Å²) in [5, 5.41) is 17.4. The highest BCUT2D eigenvalue weighted by atomic mass is 19.4. The second-order valence-electron chi connectivity index (χ2n) is 6.89. The minimum absolute atomic E-state index is 0.0218. The van der Waals surface area contributed by atoms with Crippen molar-refractivity contribution >= 4 is 11.9 Å². The molecule has 0 saturated heterocycles. The maximum atomic E-state index is 12.9. The topological polar surface area (TPSA) is 88.3 Å². The van der Waals surface area contributed by atoms with Crippen molar-refractivity contribution in [3.63, 3.8) is 0 Å². The Morgan fingerprint density at radius 1 is 1.25 bits per heavy atom. The van der Waals surface area contributed by atoms with Gasteiger partial charge in [-0.2, -0.15) is 13.2 Å². The molecule has 150 valence electrons. The highest BCUT2D eigenvalue weighted by molar-refractivity contribution is 5.85. The van der Waals surface area contributed by atoms with E-state index in [4.69, 9.17) is 0 Å². The molecular formula is C18H19F3N4O3. The van der Waals surface area contributed by atoms with Crippen molar-refractivity contribution in [3.05, 3.63) is 47.0 Å². The van der Waals surface area contributed by atoms with Gasteiger partial charge in [-0.15, -0.1) is 10.2 Å². The summed E-state index contributed by atoms with van der Waals surface area (Å²) in [5.41, 5.74) is -0.191. The van der Waals surface area contributed by atoms with Crippen molar-refractivity contribution in [1.82, 2.24) is 19.7 Å². The lowest BCUT2D eigenvalue weighted by atomic mass is 9.97. The molecule has 3 rings (SSSR count). The first kappa shape index (κ1) is 19.8. The quantitative estimate of drug-likeness (QED) is 0.857. The minimum atomic E-state index is -4.42. The molecule has 1 N–H and O–H groups in total. The second-order valence-corrected chi connectivity index (χ2v) is 6.89. The van der Waals surface area contributed by atoms with Gasteiger partial charge in [0.25, 0.3) is 0 Å². The van der Waals surface area contributed by atoms with E-state index in [-0.39, 0.29) is 25.4 Å². The predicted octanol–water partition coefficient (Wildman–Crippen LogP) is 2.28. The Balaban J connectivity index is 1.75. The van der Waals surface area contributed by atoms with Crippen LogP contribution in [0.25, 0.3) is 0 Å². The molecule has 1 aromatic carbocycles. The van der Waals surface area contributed by atoms with Crippen molar-refractivity contribution < 1.29 is 27.9 Å². The Hall–Kier alpha value is -2.91. The largest absolute Gasteiger partial charge is 0.480 e. The summed E-state index contributed by atoms with van der Waals surface area (Å²) in [4.78, 5) is 25.8. The van der Waals surface area contributed by atoms with E-state index < -0.39 is 29.7 Å². The van der Waals surface area contributed by atoms with Crippen molar-refractivity contribution in [2.24, 2.45) is 5.92 Å². The number of aromatic nitrogens is 3. The highest BCUT2D eigenvalue weighted by Crippen LogP contribution is 2.29. The van der Waals surface area contributed by atoms with Crippen LogP contribution in [0.15, 0.2) is 24.3 Å². The van der Waals surface area contributed by atoms with Crippen LogP contribution in [0.3, 0.4) is 0 Å². The van der Waals surface area contributed by atoms with Gasteiger partial charge in [0, 0.05) is 5.92 Å². The van der Waals surface area contributed by atoms with Gasteiger partial charge in [-0.3, -0.25) is 4.79 Å². The molecule has 0 saturated carbocycles. The standard InChI is InChI=1S/C18H19F3N4O3/c1-10(7-12-3-5-13(6-4-12)18(19,20)21)16(26)25-9-15-23-22-11(2)24(15)8-14(25)17(27)28/h3-6,10,14H,7-9H2,1-2H3,(H,27,28). The van der Waals surface area contributed by atoms with Crippen molar-refractivity contribution in [2.75, 3.05) is 0 Å². The van der Waals surface area contributed by atoms with E-state index in [0.29, 0.717) is 17.2 Å². The monoisotopic (exact) mass is 396 g/mol. The number of carboxylic acids is 1. The Morgan fingerprint density at radius 3 is 2.46 bits per heavy atom. The fourth-order valence-corrected chi connectivity index (χ4v) is 3.31. The zero-order valence-electron chi connectivity index (χ0n) is 15.3. The van der Waals surface area contributed by atoms with E-state index >= 15 is 0 Å². The number of hydrogen-bond donors (Lipinski definition) is 1. The molecule has 2 heterocycles. The van der Waals surface area contributed by atoms with E-state index in [9.17, 15) is 27.9 Å². The van der Waals surface area contributed by atoms with Crippen molar-refractivity contribution in [3.8, 4) is 0 Å². The van der Waals surface area contributed by atoms with Crippen LogP contribution in [0.5, 0.6) is 0 Å². The van der Waals surface area contributed by atoms with Crippen LogP contribution in [0.2, 0.25) is 0 Å². The van der Waals surface area contributed by atoms with Crippen LogP contribution >= 0.6 is 0 Å². The summed E-state index contributed by atoms with van der Waals surface area (Å²) in [6.45, 7) is 3.42. The molecule has 1 aliphatic rings. The SMILES string of the molecule is Cc1nnc2n1CC(C(=O)O)N(C(=O)C(C)Cc1ccc(C(F)(F)F)cc1)C2. The van der Waals surface area contributed by atoms with Crippen LogP contribution in [-0.2, 0) is 35.3 Å². The second kappa shape index (κ2) is 7.25. The molecule has 0 spiro atoms. The molecule has 1 aromatic heterocycles. The number of aliphatic carboxylic acids is 1. The molecular weight excluding hydrogens is 377 g/mol. The van der Waals surface area contributed by atoms with Crippen LogP contribution in [-0.4, -0.2) is 42.7 Å². The summed E-state index contributed by atoms with van der Waals surface area (Å²) in [6.07, 6.45) is -4.22. The van der Waals surface area contributed by atoms with Crippen LogP contribution in [0.4, 0.5) is 13.2 Å². The number of fused-ring (bicyclic) bond motifs is 1. The van der Waals surface area contributed by atoms with Gasteiger partial charge >= 0.3 is 12.1 Å². The Labute approximate surface area is 158 Å². The van der Waals surface area contributed by atoms with Crippen molar-refractivity contribution in [1.29, 1.82) is 0 Å². The van der Waals surface area contributed by atoms with Gasteiger partial charge in [-0.05, 0) is 31.0 Å². The van der Waals surface area contributed by atoms with Crippen LogP contribution < -0.4 is 0 Å². The molecule has 28 heavy (non-hydrogen) atoms. The number of rotatable bonds is 4. The average molecular weight is 396 g/mol. The molecule has 0 aliphatic carbocycles. The fourth-order valence-electron chi connectivity index (χ4n) is 3.31. The number of amides is 1. The number of halogens is 3. The van der Waals surface area contributed by atoms with Gasteiger partial charge in [0.15, 0.2) is 5.82 Å². The molecule has 10 heteroatoms. The van der Waals surface area contributed by atoms with Gasteiger partial charge in [0.2, 0.25) is 5.91 Å². The lowest BCUT2D eigenvalue weighted by Gasteiger charge is -2.35. The normalized spacial score (nSPS) is 17.9. The third-order valence-corrected chi connectivity index (χ3v) is 4.87. The predicted molar refractivity (Wildman–Crippen MR) is 91.0 cm³/mol. The van der Waals surface area contributed by atoms with E-state index in [2.05, 4.69) is 10.2 Å². The molecule has 0 fully saturated rings. The van der Waals surface area contributed by atoms with Gasteiger partial charge in [-0.1, -0.05) is 19.1 Å². The Kier molecular flexibility index (Phi) is 5.14. The number of aryl methyl sites for hydroxylation is 1.